The summed E-state index contributed by atoms with van der Waals surface area (Å²) in [4.78, 5) is 0. The summed E-state index contributed by atoms with van der Waals surface area (Å²) >= 11 is 3.13. The Balaban J connectivity index is 0.00000196. The first kappa shape index (κ1) is 14.6. The lowest BCUT2D eigenvalue weighted by molar-refractivity contribution is 0.562. The number of halogens is 3. The van der Waals surface area contributed by atoms with Crippen LogP contribution in [-0.4, -0.2) is 0 Å². The van der Waals surface area contributed by atoms with Crippen LogP contribution < -0.4 is 5.73 Å². The van der Waals surface area contributed by atoms with Crippen molar-refractivity contribution >= 4 is 28.3 Å². The first-order valence-corrected chi connectivity index (χ1v) is 5.26. The van der Waals surface area contributed by atoms with Gasteiger partial charge in [-0.05, 0) is 34.8 Å². The Morgan fingerprint density at radius 3 is 2.80 bits per heavy atom. The van der Waals surface area contributed by atoms with E-state index in [-0.39, 0.29) is 24.3 Å². The first-order valence-electron chi connectivity index (χ1n) is 4.47. The SMILES string of the molecule is C=CCC[C@H](N)c1cccc(Br)c1F.Cl. The van der Waals surface area contributed by atoms with E-state index in [1.807, 2.05) is 0 Å². The zero-order valence-electron chi connectivity index (χ0n) is 8.25. The monoisotopic (exact) mass is 293 g/mol. The van der Waals surface area contributed by atoms with Crippen molar-refractivity contribution in [2.24, 2.45) is 5.73 Å². The van der Waals surface area contributed by atoms with Gasteiger partial charge in [0.05, 0.1) is 4.47 Å². The number of hydrogen-bond acceptors (Lipinski definition) is 1. The van der Waals surface area contributed by atoms with Gasteiger partial charge in [0.15, 0.2) is 0 Å². The van der Waals surface area contributed by atoms with E-state index in [0.29, 0.717) is 10.0 Å². The van der Waals surface area contributed by atoms with Gasteiger partial charge in [0.1, 0.15) is 5.82 Å². The molecule has 0 aliphatic rings. The van der Waals surface area contributed by atoms with E-state index in [4.69, 9.17) is 5.73 Å². The molecular formula is C11H14BrClFN. The van der Waals surface area contributed by atoms with E-state index in [0.717, 1.165) is 12.8 Å². The van der Waals surface area contributed by atoms with Gasteiger partial charge in [-0.1, -0.05) is 18.2 Å². The third-order valence-corrected chi connectivity index (χ3v) is 2.68. The van der Waals surface area contributed by atoms with Crippen molar-refractivity contribution in [1.82, 2.24) is 0 Å². The number of rotatable bonds is 4. The molecule has 1 atom stereocenters. The molecule has 0 saturated heterocycles. The average Bonchev–Trinajstić information content (AvgIpc) is 2.18. The fraction of sp³-hybridized carbons (Fsp3) is 0.273. The van der Waals surface area contributed by atoms with Crippen LogP contribution in [0, 0.1) is 5.82 Å². The Morgan fingerprint density at radius 2 is 2.20 bits per heavy atom. The van der Waals surface area contributed by atoms with Gasteiger partial charge in [-0.25, -0.2) is 4.39 Å². The molecule has 0 radical (unpaired) electrons. The number of benzene rings is 1. The normalized spacial score (nSPS) is 11.7. The predicted molar refractivity (Wildman–Crippen MR) is 67.7 cm³/mol. The summed E-state index contributed by atoms with van der Waals surface area (Å²) in [5.41, 5.74) is 6.40. The molecule has 0 spiro atoms. The van der Waals surface area contributed by atoms with Crippen molar-refractivity contribution < 1.29 is 4.39 Å². The van der Waals surface area contributed by atoms with Gasteiger partial charge in [-0.3, -0.25) is 0 Å². The Bertz CT molecular complexity index is 330. The summed E-state index contributed by atoms with van der Waals surface area (Å²) < 4.78 is 14.0. The largest absolute Gasteiger partial charge is 0.324 e. The second-order valence-electron chi connectivity index (χ2n) is 3.12. The van der Waals surface area contributed by atoms with E-state index in [9.17, 15) is 4.39 Å². The Hall–Kier alpha value is -0.380. The minimum absolute atomic E-state index is 0. The molecule has 1 aromatic rings. The molecule has 0 aromatic heterocycles. The number of allylic oxidation sites excluding steroid dienone is 1. The van der Waals surface area contributed by atoms with Crippen LogP contribution in [0.2, 0.25) is 0 Å². The lowest BCUT2D eigenvalue weighted by Gasteiger charge is -2.12. The van der Waals surface area contributed by atoms with Crippen molar-refractivity contribution in [2.45, 2.75) is 18.9 Å². The third-order valence-electron chi connectivity index (χ3n) is 2.06. The van der Waals surface area contributed by atoms with Gasteiger partial charge in [0.25, 0.3) is 0 Å². The number of hydrogen-bond donors (Lipinski definition) is 1. The van der Waals surface area contributed by atoms with Gasteiger partial charge in [-0.15, -0.1) is 19.0 Å². The summed E-state index contributed by atoms with van der Waals surface area (Å²) in [6.07, 6.45) is 3.31. The molecule has 0 amide bonds. The molecule has 0 heterocycles. The first-order chi connectivity index (χ1) is 6.66. The van der Waals surface area contributed by atoms with Crippen molar-refractivity contribution in [3.63, 3.8) is 0 Å². The second kappa shape index (κ2) is 6.99. The van der Waals surface area contributed by atoms with Crippen molar-refractivity contribution in [1.29, 1.82) is 0 Å². The van der Waals surface area contributed by atoms with Gasteiger partial charge in [-0.2, -0.15) is 0 Å². The summed E-state index contributed by atoms with van der Waals surface area (Å²) in [5.74, 6) is -0.260. The van der Waals surface area contributed by atoms with Crippen molar-refractivity contribution in [3.8, 4) is 0 Å². The Labute approximate surface area is 104 Å². The highest BCUT2D eigenvalue weighted by Crippen LogP contribution is 2.24. The topological polar surface area (TPSA) is 26.0 Å². The highest BCUT2D eigenvalue weighted by molar-refractivity contribution is 9.10. The molecule has 1 rings (SSSR count). The van der Waals surface area contributed by atoms with Crippen LogP contribution in [0.3, 0.4) is 0 Å². The molecule has 2 N–H and O–H groups in total. The van der Waals surface area contributed by atoms with Crippen LogP contribution in [0.4, 0.5) is 4.39 Å². The van der Waals surface area contributed by atoms with Crippen LogP contribution in [0.25, 0.3) is 0 Å². The van der Waals surface area contributed by atoms with Crippen LogP contribution in [0.5, 0.6) is 0 Å². The van der Waals surface area contributed by atoms with Crippen LogP contribution >= 0.6 is 28.3 Å². The van der Waals surface area contributed by atoms with Gasteiger partial charge >= 0.3 is 0 Å². The minimum atomic E-state index is -0.260. The highest BCUT2D eigenvalue weighted by atomic mass is 79.9. The van der Waals surface area contributed by atoms with Gasteiger partial charge in [0.2, 0.25) is 0 Å². The maximum atomic E-state index is 13.5. The Kier molecular flexibility index (Phi) is 6.81. The van der Waals surface area contributed by atoms with Gasteiger partial charge < -0.3 is 5.73 Å². The zero-order chi connectivity index (χ0) is 10.6. The van der Waals surface area contributed by atoms with Crippen molar-refractivity contribution in [2.75, 3.05) is 0 Å². The summed E-state index contributed by atoms with van der Waals surface area (Å²) in [5, 5.41) is 0. The van der Waals surface area contributed by atoms with E-state index in [1.165, 1.54) is 0 Å². The molecule has 0 bridgehead atoms. The lowest BCUT2D eigenvalue weighted by atomic mass is 10.0. The van der Waals surface area contributed by atoms with E-state index in [1.54, 1.807) is 24.3 Å². The minimum Gasteiger partial charge on any atom is -0.324 e. The summed E-state index contributed by atoms with van der Waals surface area (Å²) in [6, 6.07) is 4.91. The second-order valence-corrected chi connectivity index (χ2v) is 3.97. The smallest absolute Gasteiger partial charge is 0.142 e. The predicted octanol–water partition coefficient (Wildman–Crippen LogP) is 3.98. The van der Waals surface area contributed by atoms with E-state index >= 15 is 0 Å². The molecular weight excluding hydrogens is 280 g/mol. The quantitative estimate of drug-likeness (QED) is 0.835. The standard InChI is InChI=1S/C11H13BrFN.ClH/c1-2-3-7-10(14)8-5-4-6-9(12)11(8)13;/h2,4-6,10H,1,3,7,14H2;1H/t10-;/m0./s1. The fourth-order valence-electron chi connectivity index (χ4n) is 1.26. The maximum absolute atomic E-state index is 13.5. The van der Waals surface area contributed by atoms with Crippen LogP contribution in [0.1, 0.15) is 24.4 Å². The molecule has 1 nitrogen and oxygen atoms in total. The fourth-order valence-corrected chi connectivity index (χ4v) is 1.64. The lowest BCUT2D eigenvalue weighted by Crippen LogP contribution is -2.11. The molecule has 0 fully saturated rings. The summed E-state index contributed by atoms with van der Waals surface area (Å²) in [7, 11) is 0. The van der Waals surface area contributed by atoms with Crippen LogP contribution in [-0.2, 0) is 0 Å². The molecule has 0 aliphatic heterocycles. The van der Waals surface area contributed by atoms with Gasteiger partial charge in [0, 0.05) is 11.6 Å². The molecule has 1 aromatic carbocycles. The molecule has 0 unspecified atom stereocenters. The molecule has 0 saturated carbocycles. The molecule has 15 heavy (non-hydrogen) atoms. The van der Waals surface area contributed by atoms with Crippen molar-refractivity contribution in [3.05, 3.63) is 46.7 Å². The summed E-state index contributed by atoms with van der Waals surface area (Å²) in [6.45, 7) is 3.61. The number of nitrogens with two attached hydrogens (primary N) is 1. The molecule has 4 heteroatoms. The zero-order valence-corrected chi connectivity index (χ0v) is 10.7. The van der Waals surface area contributed by atoms with E-state index < -0.39 is 0 Å². The molecule has 0 aliphatic carbocycles. The van der Waals surface area contributed by atoms with Crippen LogP contribution in [0.15, 0.2) is 35.3 Å². The van der Waals surface area contributed by atoms with E-state index in [2.05, 4.69) is 22.5 Å². The Morgan fingerprint density at radius 1 is 1.53 bits per heavy atom. The third kappa shape index (κ3) is 3.93. The average molecular weight is 295 g/mol. The molecule has 84 valence electrons. The highest BCUT2D eigenvalue weighted by Gasteiger charge is 2.12. The maximum Gasteiger partial charge on any atom is 0.142 e.